The number of rotatable bonds is 4. The maximum Gasteiger partial charge on any atom is 0.345 e. The number of fused-ring (bicyclic) bond motifs is 1. The normalized spacial score (nSPS) is 19.9. The summed E-state index contributed by atoms with van der Waals surface area (Å²) in [5.41, 5.74) is 0.154. The van der Waals surface area contributed by atoms with Gasteiger partial charge in [-0.3, -0.25) is 14.2 Å². The molecule has 132 valence electrons. The Bertz CT molecular complexity index is 885. The van der Waals surface area contributed by atoms with Crippen LogP contribution in [0.1, 0.15) is 41.9 Å². The second-order valence-electron chi connectivity index (χ2n) is 6.92. The fraction of sp³-hybridized carbons (Fsp3) is 0.529. The highest BCUT2D eigenvalue weighted by Gasteiger charge is 2.26. The number of aromatic nitrogens is 4. The Morgan fingerprint density at radius 3 is 2.80 bits per heavy atom. The second-order valence-corrected chi connectivity index (χ2v) is 6.92. The fourth-order valence-electron chi connectivity index (χ4n) is 3.26. The number of pyridine rings is 1. The van der Waals surface area contributed by atoms with Crippen LogP contribution in [-0.4, -0.2) is 31.3 Å². The molecular weight excluding hydrogens is 322 g/mol. The first-order chi connectivity index (χ1) is 12.1. The molecule has 4 rings (SSSR count). The monoisotopic (exact) mass is 343 g/mol. The largest absolute Gasteiger partial charge is 0.349 e. The van der Waals surface area contributed by atoms with Crippen LogP contribution >= 0.6 is 0 Å². The van der Waals surface area contributed by atoms with Crippen molar-refractivity contribution in [1.82, 2.24) is 24.6 Å². The van der Waals surface area contributed by atoms with E-state index in [-0.39, 0.29) is 23.2 Å². The third-order valence-electron chi connectivity index (χ3n) is 4.93. The van der Waals surface area contributed by atoms with E-state index in [1.54, 1.807) is 9.25 Å². The Balaban J connectivity index is 1.41. The zero-order chi connectivity index (χ0) is 17.4. The molecule has 2 aromatic heterocycles. The molecule has 8 nitrogen and oxygen atoms in total. The molecule has 8 heteroatoms. The molecule has 0 saturated heterocycles. The molecule has 1 atom stereocenters. The van der Waals surface area contributed by atoms with E-state index in [2.05, 4.69) is 15.4 Å². The molecule has 1 amide bonds. The van der Waals surface area contributed by atoms with E-state index in [1.165, 1.54) is 31.2 Å². The predicted octanol–water partition coefficient (Wildman–Crippen LogP) is 0.278. The number of carbonyl (C=O) groups is 1. The molecule has 1 aliphatic carbocycles. The topological polar surface area (TPSA) is 102 Å². The van der Waals surface area contributed by atoms with Crippen LogP contribution in [0.3, 0.4) is 0 Å². The van der Waals surface area contributed by atoms with E-state index in [9.17, 15) is 14.4 Å². The van der Waals surface area contributed by atoms with E-state index < -0.39 is 0 Å². The van der Waals surface area contributed by atoms with Gasteiger partial charge in [0.15, 0.2) is 0 Å². The molecule has 1 unspecified atom stereocenters. The van der Waals surface area contributed by atoms with Crippen LogP contribution in [0.4, 0.5) is 0 Å². The predicted molar refractivity (Wildman–Crippen MR) is 90.5 cm³/mol. The first-order valence-electron chi connectivity index (χ1n) is 8.76. The summed E-state index contributed by atoms with van der Waals surface area (Å²) in [5, 5.41) is 7.47. The lowest BCUT2D eigenvalue weighted by Crippen LogP contribution is -2.36. The van der Waals surface area contributed by atoms with E-state index >= 15 is 0 Å². The van der Waals surface area contributed by atoms with Crippen LogP contribution in [0.2, 0.25) is 0 Å². The number of aromatic amines is 1. The highest BCUT2D eigenvalue weighted by Crippen LogP contribution is 2.29. The summed E-state index contributed by atoms with van der Waals surface area (Å²) in [6.07, 6.45) is 5.90. The van der Waals surface area contributed by atoms with Gasteiger partial charge in [0.05, 0.1) is 5.56 Å². The van der Waals surface area contributed by atoms with Crippen molar-refractivity contribution in [1.29, 1.82) is 0 Å². The number of aryl methyl sites for hydroxylation is 1. The molecule has 1 aliphatic heterocycles. The van der Waals surface area contributed by atoms with Crippen LogP contribution in [-0.2, 0) is 19.5 Å². The van der Waals surface area contributed by atoms with Crippen molar-refractivity contribution >= 4 is 5.91 Å². The lowest BCUT2D eigenvalue weighted by molar-refractivity contribution is 0.0932. The van der Waals surface area contributed by atoms with E-state index in [0.29, 0.717) is 30.9 Å². The van der Waals surface area contributed by atoms with Crippen molar-refractivity contribution in [3.05, 3.63) is 50.6 Å². The Kier molecular flexibility index (Phi) is 4.03. The van der Waals surface area contributed by atoms with Crippen molar-refractivity contribution in [2.45, 2.75) is 51.2 Å². The van der Waals surface area contributed by atoms with Crippen LogP contribution in [0.15, 0.2) is 27.9 Å². The summed E-state index contributed by atoms with van der Waals surface area (Å²) in [5.74, 6) is 1.21. The Morgan fingerprint density at radius 1 is 1.24 bits per heavy atom. The fourth-order valence-corrected chi connectivity index (χ4v) is 3.26. The second kappa shape index (κ2) is 6.34. The molecule has 3 heterocycles. The first kappa shape index (κ1) is 15.9. The minimum Gasteiger partial charge on any atom is -0.349 e. The van der Waals surface area contributed by atoms with Gasteiger partial charge in [0, 0.05) is 37.8 Å². The van der Waals surface area contributed by atoms with Crippen molar-refractivity contribution in [3.63, 3.8) is 0 Å². The van der Waals surface area contributed by atoms with E-state index in [1.807, 2.05) is 0 Å². The van der Waals surface area contributed by atoms with Gasteiger partial charge >= 0.3 is 5.69 Å². The maximum atomic E-state index is 12.5. The van der Waals surface area contributed by atoms with Crippen molar-refractivity contribution < 1.29 is 4.79 Å². The number of H-pyrrole nitrogens is 1. The molecule has 25 heavy (non-hydrogen) atoms. The molecule has 2 aliphatic rings. The van der Waals surface area contributed by atoms with Crippen LogP contribution in [0, 0.1) is 5.92 Å². The molecule has 2 aromatic rings. The quantitative estimate of drug-likeness (QED) is 0.832. The summed E-state index contributed by atoms with van der Waals surface area (Å²) < 4.78 is 3.35. The lowest BCUT2D eigenvalue weighted by atomic mass is 10.1. The van der Waals surface area contributed by atoms with Crippen LogP contribution in [0.25, 0.3) is 0 Å². The van der Waals surface area contributed by atoms with Gasteiger partial charge in [-0.25, -0.2) is 9.48 Å². The third kappa shape index (κ3) is 3.42. The molecule has 0 spiro atoms. The number of amides is 1. The van der Waals surface area contributed by atoms with Gasteiger partial charge in [-0.2, -0.15) is 5.10 Å². The van der Waals surface area contributed by atoms with Crippen molar-refractivity contribution in [3.8, 4) is 0 Å². The van der Waals surface area contributed by atoms with Gasteiger partial charge in [0.25, 0.3) is 5.91 Å². The van der Waals surface area contributed by atoms with Crippen LogP contribution < -0.4 is 16.6 Å². The smallest absolute Gasteiger partial charge is 0.345 e. The van der Waals surface area contributed by atoms with Gasteiger partial charge in [-0.15, -0.1) is 0 Å². The van der Waals surface area contributed by atoms with Crippen molar-refractivity contribution in [2.75, 3.05) is 0 Å². The molecular formula is C17H21N5O3. The zero-order valence-corrected chi connectivity index (χ0v) is 13.9. The molecule has 1 saturated carbocycles. The number of nitrogens with one attached hydrogen (secondary N) is 2. The number of carbonyl (C=O) groups excluding carboxylic acids is 1. The Labute approximate surface area is 143 Å². The van der Waals surface area contributed by atoms with Gasteiger partial charge < -0.3 is 10.3 Å². The standard InChI is InChI=1S/C17H21N5O3/c23-15-6-3-12(9-18-15)16(24)19-13-4-5-14-20-22(10-11-1-2-11)17(25)21(14)8-7-13/h3,6,9,11,13H,1-2,4-5,7-8,10H2,(H,18,23)(H,19,24). The van der Waals surface area contributed by atoms with Crippen molar-refractivity contribution in [2.24, 2.45) is 5.92 Å². The Hall–Kier alpha value is -2.64. The summed E-state index contributed by atoms with van der Waals surface area (Å²) in [6, 6.07) is 2.82. The minimum atomic E-state index is -0.237. The minimum absolute atomic E-state index is 0.0163. The lowest BCUT2D eigenvalue weighted by Gasteiger charge is -2.15. The maximum absolute atomic E-state index is 12.5. The number of nitrogens with zero attached hydrogens (tertiary/aromatic N) is 3. The first-order valence-corrected chi connectivity index (χ1v) is 8.76. The molecule has 0 radical (unpaired) electrons. The van der Waals surface area contributed by atoms with E-state index in [4.69, 9.17) is 0 Å². The Morgan fingerprint density at radius 2 is 2.08 bits per heavy atom. The summed E-state index contributed by atoms with van der Waals surface area (Å²) in [6.45, 7) is 1.29. The molecule has 0 aromatic carbocycles. The highest BCUT2D eigenvalue weighted by atomic mass is 16.2. The molecule has 0 bridgehead atoms. The third-order valence-corrected chi connectivity index (χ3v) is 4.93. The average Bonchev–Trinajstić information content (AvgIpc) is 3.39. The van der Waals surface area contributed by atoms with Gasteiger partial charge in [-0.1, -0.05) is 0 Å². The van der Waals surface area contributed by atoms with Crippen LogP contribution in [0.5, 0.6) is 0 Å². The average molecular weight is 343 g/mol. The highest BCUT2D eigenvalue weighted by molar-refractivity contribution is 5.93. The number of hydrogen-bond donors (Lipinski definition) is 2. The summed E-state index contributed by atoms with van der Waals surface area (Å²) >= 11 is 0. The zero-order valence-electron chi connectivity index (χ0n) is 13.9. The molecule has 1 fully saturated rings. The molecule has 2 N–H and O–H groups in total. The van der Waals surface area contributed by atoms with Gasteiger partial charge in [0.2, 0.25) is 5.56 Å². The van der Waals surface area contributed by atoms with E-state index in [0.717, 1.165) is 18.8 Å². The number of hydrogen-bond acceptors (Lipinski definition) is 4. The van der Waals surface area contributed by atoms with Gasteiger partial charge in [0.1, 0.15) is 5.82 Å². The van der Waals surface area contributed by atoms with Gasteiger partial charge in [-0.05, 0) is 37.7 Å². The summed E-state index contributed by atoms with van der Waals surface area (Å²) in [4.78, 5) is 38.3. The summed E-state index contributed by atoms with van der Waals surface area (Å²) in [7, 11) is 0. The SMILES string of the molecule is O=C(NC1CCc2nn(CC3CC3)c(=O)n2CC1)c1ccc(=O)[nH]c1.